The Kier molecular flexibility index (Phi) is 6.33. The number of esters is 1. The van der Waals surface area contributed by atoms with Crippen LogP contribution in [0.1, 0.15) is 12.8 Å². The van der Waals surface area contributed by atoms with Gasteiger partial charge in [-0.2, -0.15) is 0 Å². The number of rotatable bonds is 5. The molecule has 0 fully saturated rings. The molecule has 0 saturated carbocycles. The zero-order valence-electron chi connectivity index (χ0n) is 5.70. The SMILES string of the molecule is COC(=O)CCCOP=O. The molecule has 0 radical (unpaired) electrons. The summed E-state index contributed by atoms with van der Waals surface area (Å²) in [5, 5.41) is 0. The largest absolute Gasteiger partial charge is 0.469 e. The Balaban J connectivity index is 3.03. The van der Waals surface area contributed by atoms with Gasteiger partial charge in [-0.1, -0.05) is 0 Å². The van der Waals surface area contributed by atoms with E-state index < -0.39 is 0 Å². The van der Waals surface area contributed by atoms with Gasteiger partial charge in [0, 0.05) is 6.42 Å². The minimum Gasteiger partial charge on any atom is -0.469 e. The number of carbonyl (C=O) groups excluding carboxylic acids is 1. The van der Waals surface area contributed by atoms with Crippen LogP contribution < -0.4 is 0 Å². The number of methoxy groups -OCH3 is 1. The van der Waals surface area contributed by atoms with Crippen molar-refractivity contribution in [2.75, 3.05) is 13.7 Å². The van der Waals surface area contributed by atoms with Crippen molar-refractivity contribution in [3.63, 3.8) is 0 Å². The van der Waals surface area contributed by atoms with Crippen LogP contribution in [0.5, 0.6) is 0 Å². The third-order valence-corrected chi connectivity index (χ3v) is 1.18. The molecule has 0 aromatic rings. The third kappa shape index (κ3) is 5.66. The van der Waals surface area contributed by atoms with E-state index in [1.807, 2.05) is 0 Å². The number of ether oxygens (including phenoxy) is 1. The molecule has 10 heavy (non-hydrogen) atoms. The summed E-state index contributed by atoms with van der Waals surface area (Å²) in [4.78, 5) is 10.4. The highest BCUT2D eigenvalue weighted by Gasteiger charge is 1.98. The van der Waals surface area contributed by atoms with Crippen LogP contribution in [0.25, 0.3) is 0 Å². The Morgan fingerprint density at radius 3 is 2.80 bits per heavy atom. The maximum atomic E-state index is 10.4. The molecular weight excluding hydrogens is 155 g/mol. The first-order valence-electron chi connectivity index (χ1n) is 2.82. The van der Waals surface area contributed by atoms with Crippen molar-refractivity contribution in [3.05, 3.63) is 0 Å². The molecule has 4 nitrogen and oxygen atoms in total. The van der Waals surface area contributed by atoms with E-state index in [-0.39, 0.29) is 14.7 Å². The number of hydrogen-bond acceptors (Lipinski definition) is 4. The van der Waals surface area contributed by atoms with Crippen LogP contribution in [-0.4, -0.2) is 19.7 Å². The first kappa shape index (κ1) is 9.53. The molecule has 0 bridgehead atoms. The van der Waals surface area contributed by atoms with Gasteiger partial charge in [0.15, 0.2) is 0 Å². The predicted molar refractivity (Wildman–Crippen MR) is 34.8 cm³/mol. The van der Waals surface area contributed by atoms with Gasteiger partial charge in [0.05, 0.1) is 13.7 Å². The fourth-order valence-corrected chi connectivity index (χ4v) is 0.624. The Hall–Kier alpha value is -0.470. The van der Waals surface area contributed by atoms with E-state index in [0.717, 1.165) is 0 Å². The number of carbonyl (C=O) groups is 1. The zero-order chi connectivity index (χ0) is 7.82. The third-order valence-electron chi connectivity index (χ3n) is 0.897. The fraction of sp³-hybridized carbons (Fsp3) is 0.800. The van der Waals surface area contributed by atoms with Crippen LogP contribution >= 0.6 is 8.69 Å². The second-order valence-corrected chi connectivity index (χ2v) is 1.99. The molecule has 58 valence electrons. The van der Waals surface area contributed by atoms with E-state index >= 15 is 0 Å². The topological polar surface area (TPSA) is 52.6 Å². The molecule has 0 saturated heterocycles. The van der Waals surface area contributed by atoms with Crippen molar-refractivity contribution < 1.29 is 18.6 Å². The van der Waals surface area contributed by atoms with Crippen LogP contribution in [0, 0.1) is 0 Å². The van der Waals surface area contributed by atoms with Crippen molar-refractivity contribution >= 4 is 14.7 Å². The summed E-state index contributed by atoms with van der Waals surface area (Å²) in [6, 6.07) is 0. The summed E-state index contributed by atoms with van der Waals surface area (Å²) in [5.74, 6) is -0.272. The van der Waals surface area contributed by atoms with Gasteiger partial charge in [-0.05, 0) is 6.42 Å². The van der Waals surface area contributed by atoms with Crippen molar-refractivity contribution in [1.82, 2.24) is 0 Å². The Labute approximate surface area is 60.8 Å². The first-order chi connectivity index (χ1) is 4.81. The molecule has 0 atom stereocenters. The summed E-state index contributed by atoms with van der Waals surface area (Å²) < 4.78 is 18.5. The van der Waals surface area contributed by atoms with Gasteiger partial charge in [-0.25, -0.2) is 4.57 Å². The minimum absolute atomic E-state index is 0.272. The van der Waals surface area contributed by atoms with Gasteiger partial charge in [-0.15, -0.1) is 0 Å². The monoisotopic (exact) mass is 164 g/mol. The lowest BCUT2D eigenvalue weighted by molar-refractivity contribution is -0.140. The molecule has 0 amide bonds. The van der Waals surface area contributed by atoms with Crippen LogP contribution in [0.15, 0.2) is 0 Å². The smallest absolute Gasteiger partial charge is 0.327 e. The second-order valence-electron chi connectivity index (χ2n) is 1.59. The highest BCUT2D eigenvalue weighted by Crippen LogP contribution is 1.98. The predicted octanol–water partition coefficient (Wildman–Crippen LogP) is 1.16. The van der Waals surface area contributed by atoms with E-state index in [4.69, 9.17) is 0 Å². The van der Waals surface area contributed by atoms with E-state index in [1.165, 1.54) is 7.11 Å². The van der Waals surface area contributed by atoms with Crippen molar-refractivity contribution in [3.8, 4) is 0 Å². The van der Waals surface area contributed by atoms with Gasteiger partial charge >= 0.3 is 14.7 Å². The highest BCUT2D eigenvalue weighted by molar-refractivity contribution is 7.17. The van der Waals surface area contributed by atoms with E-state index in [0.29, 0.717) is 19.4 Å². The van der Waals surface area contributed by atoms with Crippen LogP contribution in [-0.2, 0) is 18.6 Å². The minimum atomic E-state index is -0.341. The lowest BCUT2D eigenvalue weighted by atomic mass is 10.3. The van der Waals surface area contributed by atoms with Crippen molar-refractivity contribution in [2.45, 2.75) is 12.8 Å². The van der Waals surface area contributed by atoms with Crippen molar-refractivity contribution in [1.29, 1.82) is 0 Å². The molecular formula is C5H9O4P. The van der Waals surface area contributed by atoms with Gasteiger partial charge in [0.1, 0.15) is 0 Å². The molecule has 5 heteroatoms. The standard InChI is InChI=1S/C5H9O4P/c1-8-5(6)3-2-4-9-10-7/h2-4H2,1H3. The molecule has 0 aliphatic rings. The Morgan fingerprint density at radius 2 is 2.30 bits per heavy atom. The molecule has 0 aromatic carbocycles. The lowest BCUT2D eigenvalue weighted by Gasteiger charge is -1.95. The molecule has 0 rings (SSSR count). The summed E-state index contributed by atoms with van der Waals surface area (Å²) in [7, 11) is 0.988. The maximum absolute atomic E-state index is 10.4. The maximum Gasteiger partial charge on any atom is 0.327 e. The second kappa shape index (κ2) is 6.65. The van der Waals surface area contributed by atoms with Gasteiger partial charge in [0.2, 0.25) is 0 Å². The quantitative estimate of drug-likeness (QED) is 0.347. The molecule has 0 N–H and O–H groups in total. The summed E-state index contributed by atoms with van der Waals surface area (Å²) >= 11 is 0. The normalized spacial score (nSPS) is 9.70. The Morgan fingerprint density at radius 1 is 1.60 bits per heavy atom. The first-order valence-corrected chi connectivity index (χ1v) is 3.55. The van der Waals surface area contributed by atoms with Crippen LogP contribution in [0.4, 0.5) is 0 Å². The molecule has 0 aliphatic heterocycles. The molecule has 0 aliphatic carbocycles. The van der Waals surface area contributed by atoms with Crippen molar-refractivity contribution in [2.24, 2.45) is 0 Å². The van der Waals surface area contributed by atoms with Gasteiger partial charge in [-0.3, -0.25) is 9.32 Å². The molecule has 0 unspecified atom stereocenters. The van der Waals surface area contributed by atoms with Gasteiger partial charge < -0.3 is 4.74 Å². The molecule has 0 heterocycles. The lowest BCUT2D eigenvalue weighted by Crippen LogP contribution is -2.00. The fourth-order valence-electron chi connectivity index (χ4n) is 0.420. The zero-order valence-corrected chi connectivity index (χ0v) is 6.60. The van der Waals surface area contributed by atoms with E-state index in [1.54, 1.807) is 0 Å². The molecule has 0 spiro atoms. The average molecular weight is 164 g/mol. The van der Waals surface area contributed by atoms with E-state index in [9.17, 15) is 9.36 Å². The summed E-state index contributed by atoms with van der Waals surface area (Å²) in [6.45, 7) is 0.320. The summed E-state index contributed by atoms with van der Waals surface area (Å²) in [6.07, 6.45) is 0.855. The summed E-state index contributed by atoms with van der Waals surface area (Å²) in [5.41, 5.74) is 0. The molecule has 0 aromatic heterocycles. The van der Waals surface area contributed by atoms with Gasteiger partial charge in [0.25, 0.3) is 0 Å². The van der Waals surface area contributed by atoms with Crippen LogP contribution in [0.3, 0.4) is 0 Å². The van der Waals surface area contributed by atoms with E-state index in [2.05, 4.69) is 9.26 Å². The Bertz CT molecular complexity index is 114. The number of hydrogen-bond donors (Lipinski definition) is 0. The van der Waals surface area contributed by atoms with Crippen LogP contribution in [0.2, 0.25) is 0 Å². The average Bonchev–Trinajstić information content (AvgIpc) is 1.98. The highest BCUT2D eigenvalue weighted by atomic mass is 31.1.